The van der Waals surface area contributed by atoms with E-state index >= 15 is 0 Å². The van der Waals surface area contributed by atoms with E-state index in [1.54, 1.807) is 24.3 Å². The molecule has 9 heteroatoms. The summed E-state index contributed by atoms with van der Waals surface area (Å²) in [5.74, 6) is -0.839. The third-order valence-electron chi connectivity index (χ3n) is 3.02. The number of ether oxygens (including phenoxy) is 1. The molecule has 2 aromatic rings. The first-order valence-corrected chi connectivity index (χ1v) is 8.34. The largest absolute Gasteiger partial charge is 0.484 e. The van der Waals surface area contributed by atoms with Crippen LogP contribution in [0, 0.1) is 0 Å². The molecule has 0 fully saturated rings. The van der Waals surface area contributed by atoms with Crippen LogP contribution in [0.4, 0.5) is 18.9 Å². The molecule has 3 N–H and O–H groups in total. The van der Waals surface area contributed by atoms with Crippen molar-refractivity contribution in [3.63, 3.8) is 0 Å². The first-order valence-electron chi connectivity index (χ1n) is 7.36. The van der Waals surface area contributed by atoms with E-state index in [0.29, 0.717) is 16.1 Å². The molecule has 0 aromatic heterocycles. The van der Waals surface area contributed by atoms with E-state index < -0.39 is 24.6 Å². The predicted molar refractivity (Wildman–Crippen MR) is 92.3 cm³/mol. The lowest BCUT2D eigenvalue weighted by Gasteiger charge is -2.11. The number of amides is 2. The van der Waals surface area contributed by atoms with Crippen molar-refractivity contribution in [2.75, 3.05) is 17.7 Å². The monoisotopic (exact) mass is 384 g/mol. The fraction of sp³-hybridized carbons (Fsp3) is 0.176. The van der Waals surface area contributed by atoms with Crippen molar-refractivity contribution in [3.05, 3.63) is 54.1 Å². The van der Waals surface area contributed by atoms with Gasteiger partial charge < -0.3 is 15.8 Å². The third-order valence-corrected chi connectivity index (χ3v) is 4.11. The zero-order valence-electron chi connectivity index (χ0n) is 13.4. The highest BCUT2D eigenvalue weighted by molar-refractivity contribution is 8.00. The number of nitrogens with two attached hydrogens (primary N) is 1. The van der Waals surface area contributed by atoms with Gasteiger partial charge in [0.2, 0.25) is 5.91 Å². The summed E-state index contributed by atoms with van der Waals surface area (Å²) in [6, 6.07) is 12.2. The Morgan fingerprint density at radius 1 is 1.08 bits per heavy atom. The van der Waals surface area contributed by atoms with Gasteiger partial charge in [-0.25, -0.2) is 0 Å². The summed E-state index contributed by atoms with van der Waals surface area (Å²) in [6.07, 6.45) is -4.42. The number of carbonyl (C=O) groups excluding carboxylic acids is 2. The maximum absolute atomic E-state index is 12.4. The fourth-order valence-corrected chi connectivity index (χ4v) is 2.72. The van der Waals surface area contributed by atoms with Gasteiger partial charge in [-0.15, -0.1) is 11.8 Å². The van der Waals surface area contributed by atoms with E-state index in [1.807, 2.05) is 0 Å². The minimum absolute atomic E-state index is 0.0372. The number of nitrogens with one attached hydrogen (secondary N) is 1. The van der Waals surface area contributed by atoms with Gasteiger partial charge >= 0.3 is 6.18 Å². The number of hydrogen-bond acceptors (Lipinski definition) is 4. The molecule has 138 valence electrons. The molecule has 0 atom stereocenters. The Balaban J connectivity index is 2.02. The normalized spacial score (nSPS) is 11.0. The van der Waals surface area contributed by atoms with Crippen molar-refractivity contribution < 1.29 is 27.5 Å². The Labute approximate surface area is 151 Å². The van der Waals surface area contributed by atoms with E-state index in [-0.39, 0.29) is 11.5 Å². The molecule has 5 nitrogen and oxygen atoms in total. The second kappa shape index (κ2) is 8.61. The smallest absolute Gasteiger partial charge is 0.422 e. The molecule has 0 aliphatic rings. The molecule has 0 radical (unpaired) electrons. The molecule has 0 heterocycles. The van der Waals surface area contributed by atoms with Crippen molar-refractivity contribution in [2.45, 2.75) is 11.1 Å². The Morgan fingerprint density at radius 2 is 1.73 bits per heavy atom. The van der Waals surface area contributed by atoms with Crippen LogP contribution < -0.4 is 15.8 Å². The van der Waals surface area contributed by atoms with Crippen LogP contribution in [-0.2, 0) is 4.79 Å². The van der Waals surface area contributed by atoms with E-state index in [4.69, 9.17) is 5.73 Å². The molecule has 0 aliphatic carbocycles. The number of primary amides is 1. The summed E-state index contributed by atoms with van der Waals surface area (Å²) in [4.78, 5) is 23.9. The van der Waals surface area contributed by atoms with Gasteiger partial charge in [0.05, 0.1) is 11.3 Å². The lowest BCUT2D eigenvalue weighted by atomic mass is 10.2. The molecule has 2 amide bonds. The van der Waals surface area contributed by atoms with E-state index in [2.05, 4.69) is 10.1 Å². The summed E-state index contributed by atoms with van der Waals surface area (Å²) in [5.41, 5.74) is 5.86. The first kappa shape index (κ1) is 19.6. The lowest BCUT2D eigenvalue weighted by Crippen LogP contribution is -2.19. The zero-order chi connectivity index (χ0) is 19.2. The van der Waals surface area contributed by atoms with Crippen LogP contribution in [0.1, 0.15) is 10.4 Å². The maximum Gasteiger partial charge on any atom is 0.422 e. The molecular formula is C17H15F3N2O3S. The number of hydrogen-bond donors (Lipinski definition) is 2. The van der Waals surface area contributed by atoms with Crippen LogP contribution in [0.2, 0.25) is 0 Å². The minimum Gasteiger partial charge on any atom is -0.484 e. The van der Waals surface area contributed by atoms with Crippen molar-refractivity contribution in [2.24, 2.45) is 5.73 Å². The van der Waals surface area contributed by atoms with Gasteiger partial charge in [0.25, 0.3) is 5.91 Å². The lowest BCUT2D eigenvalue weighted by molar-refractivity contribution is -0.153. The summed E-state index contributed by atoms with van der Waals surface area (Å²) >= 11 is 1.14. The maximum atomic E-state index is 12.4. The first-order chi connectivity index (χ1) is 12.2. The van der Waals surface area contributed by atoms with Gasteiger partial charge in [-0.05, 0) is 36.4 Å². The van der Waals surface area contributed by atoms with E-state index in [1.165, 1.54) is 24.3 Å². The Hall–Kier alpha value is -2.68. The van der Waals surface area contributed by atoms with Crippen LogP contribution >= 0.6 is 11.8 Å². The molecule has 0 saturated carbocycles. The van der Waals surface area contributed by atoms with Crippen LogP contribution in [-0.4, -0.2) is 30.4 Å². The highest BCUT2D eigenvalue weighted by Crippen LogP contribution is 2.24. The summed E-state index contributed by atoms with van der Waals surface area (Å²) in [5, 5.41) is 2.64. The summed E-state index contributed by atoms with van der Waals surface area (Å²) in [7, 11) is 0. The van der Waals surface area contributed by atoms with Gasteiger partial charge in [-0.1, -0.05) is 12.1 Å². The van der Waals surface area contributed by atoms with Gasteiger partial charge in [-0.2, -0.15) is 13.2 Å². The molecule has 0 saturated heterocycles. The summed E-state index contributed by atoms with van der Waals surface area (Å²) in [6.45, 7) is -1.39. The highest BCUT2D eigenvalue weighted by Gasteiger charge is 2.28. The SMILES string of the molecule is NC(=O)CSc1ccccc1C(=O)Nc1ccc(OCC(F)(F)F)cc1. The predicted octanol–water partition coefficient (Wildman–Crippen LogP) is 3.46. The van der Waals surface area contributed by atoms with Crippen LogP contribution in [0.3, 0.4) is 0 Å². The number of thioether (sulfide) groups is 1. The summed E-state index contributed by atoms with van der Waals surface area (Å²) < 4.78 is 41.0. The van der Waals surface area contributed by atoms with Gasteiger partial charge in [0.1, 0.15) is 5.75 Å². The average molecular weight is 384 g/mol. The number of alkyl halides is 3. The number of anilines is 1. The number of benzene rings is 2. The second-order valence-corrected chi connectivity index (χ2v) is 6.15. The average Bonchev–Trinajstić information content (AvgIpc) is 2.59. The van der Waals surface area contributed by atoms with Crippen molar-refractivity contribution >= 4 is 29.3 Å². The Morgan fingerprint density at radius 3 is 2.35 bits per heavy atom. The number of carbonyl (C=O) groups is 2. The Kier molecular flexibility index (Phi) is 6.51. The van der Waals surface area contributed by atoms with Crippen molar-refractivity contribution in [3.8, 4) is 5.75 Å². The van der Waals surface area contributed by atoms with E-state index in [9.17, 15) is 22.8 Å². The standard InChI is InChI=1S/C17H15F3N2O3S/c18-17(19,20)10-25-12-7-5-11(6-8-12)22-16(24)13-3-1-2-4-14(13)26-9-15(21)23/h1-8H,9-10H2,(H2,21,23)(H,22,24). The molecule has 26 heavy (non-hydrogen) atoms. The molecule has 0 spiro atoms. The Bertz CT molecular complexity index is 780. The van der Waals surface area contributed by atoms with E-state index in [0.717, 1.165) is 11.8 Å². The van der Waals surface area contributed by atoms with Crippen LogP contribution in [0.25, 0.3) is 0 Å². The zero-order valence-corrected chi connectivity index (χ0v) is 14.2. The second-order valence-electron chi connectivity index (χ2n) is 5.13. The van der Waals surface area contributed by atoms with Crippen LogP contribution in [0.5, 0.6) is 5.75 Å². The number of rotatable bonds is 7. The topological polar surface area (TPSA) is 81.4 Å². The third kappa shape index (κ3) is 6.32. The molecule has 0 aliphatic heterocycles. The minimum atomic E-state index is -4.42. The molecule has 0 unspecified atom stereocenters. The molecule has 2 rings (SSSR count). The highest BCUT2D eigenvalue weighted by atomic mass is 32.2. The molecule has 0 bridgehead atoms. The van der Waals surface area contributed by atoms with Gasteiger partial charge in [0, 0.05) is 10.6 Å². The van der Waals surface area contributed by atoms with Crippen molar-refractivity contribution in [1.82, 2.24) is 0 Å². The molecule has 2 aromatic carbocycles. The van der Waals surface area contributed by atoms with Gasteiger partial charge in [0.15, 0.2) is 6.61 Å². The fourth-order valence-electron chi connectivity index (χ4n) is 1.93. The van der Waals surface area contributed by atoms with Crippen LogP contribution in [0.15, 0.2) is 53.4 Å². The van der Waals surface area contributed by atoms with Gasteiger partial charge in [-0.3, -0.25) is 9.59 Å². The number of halogens is 3. The van der Waals surface area contributed by atoms with Crippen molar-refractivity contribution in [1.29, 1.82) is 0 Å². The quantitative estimate of drug-likeness (QED) is 0.717. The molecular weight excluding hydrogens is 369 g/mol.